The van der Waals surface area contributed by atoms with Gasteiger partial charge < -0.3 is 25.2 Å². The second-order valence-corrected chi connectivity index (χ2v) is 20.9. The average molecular weight is 1660 g/mol. The Labute approximate surface area is 676 Å². The molecule has 1 fully saturated rings. The minimum atomic E-state index is -0.942. The van der Waals surface area contributed by atoms with E-state index in [1.165, 1.54) is 0 Å². The number of hydrogen-bond donors (Lipinski definition) is 3. The zero-order valence-corrected chi connectivity index (χ0v) is 75.9. The summed E-state index contributed by atoms with van der Waals surface area (Å²) in [4.78, 5) is 45.3. The van der Waals surface area contributed by atoms with Crippen LogP contribution in [-0.2, 0) is 43.4 Å². The molecule has 0 spiro atoms. The van der Waals surface area contributed by atoms with Crippen LogP contribution in [0.15, 0.2) is 223 Å². The number of urea groups is 2. The minimum Gasteiger partial charge on any atom is -0.384 e. The molecule has 3 N–H and O–H groups in total. The quantitative estimate of drug-likeness (QED) is 0.122. The van der Waals surface area contributed by atoms with Crippen molar-refractivity contribution in [2.45, 2.75) is 225 Å². The third-order valence-electron chi connectivity index (χ3n) is 15.5. The van der Waals surface area contributed by atoms with Gasteiger partial charge in [0.2, 0.25) is 5.79 Å². The molecule has 9 aromatic carbocycles. The number of benzene rings is 9. The fourth-order valence-corrected chi connectivity index (χ4v) is 11.5. The van der Waals surface area contributed by atoms with E-state index < -0.39 is 11.9 Å². The first-order valence-electron chi connectivity index (χ1n) is 40.3. The van der Waals surface area contributed by atoms with Gasteiger partial charge in [0.25, 0.3) is 0 Å². The smallest absolute Gasteiger partial charge is 0.348 e. The summed E-state index contributed by atoms with van der Waals surface area (Å²) in [6.45, 7) is 58.3. The van der Waals surface area contributed by atoms with Gasteiger partial charge in [0.05, 0.1) is 29.0 Å². The molecule has 4 amide bonds. The summed E-state index contributed by atoms with van der Waals surface area (Å²) >= 11 is 0. The van der Waals surface area contributed by atoms with Gasteiger partial charge in [-0.15, -0.1) is 41.8 Å². The first-order valence-corrected chi connectivity index (χ1v) is 40.3. The number of hydrogen-bond acceptors (Lipinski definition) is 7. The van der Waals surface area contributed by atoms with Crippen molar-refractivity contribution in [3.63, 3.8) is 0 Å². The maximum Gasteiger partial charge on any atom is 0.348 e. The molecule has 3 atom stereocenters. The van der Waals surface area contributed by atoms with Gasteiger partial charge >= 0.3 is 17.8 Å². The van der Waals surface area contributed by atoms with Gasteiger partial charge in [-0.2, -0.15) is 4.98 Å². The van der Waals surface area contributed by atoms with Gasteiger partial charge in [-0.1, -0.05) is 362 Å². The number of aliphatic hydroxyl groups excluding tert-OH is 1. The number of carbonyl (C=O) groups is 2. The molecule has 13 heteroatoms. The standard InChI is InChI=1S/C24H20N2O3.C23H22N2O2.C23H21N2O.13C2H6.W/c1-16-13-19(24(28-15-29-24)18-11-7-4-8-12-18)14-20-21(17-9-5-3-6-10-17)25-23(27)26(2)22(16)20;1-15-13-18(22(26)17-11-7-4-8-12-17)14-19-20(16-9-5-3-6-10-16)24-23(27)25(2)21(15)19;1-16-13-18(14-17-9-5-3-6-10-17)15-20-21(19-11-7-4-8-12-19)24-23(26)25(2)22(16)20;13*1-2;/h3-14H,15H2,1-2H3;3-14,20,22,26H,1-2H3,(H,24,27);3-15,21H,1-2H3,(H,24,26);13*1-2H3;/q;;-1;;;;;;;;;;;;;;. The third-order valence-corrected chi connectivity index (χ3v) is 15.5. The van der Waals surface area contributed by atoms with Crippen LogP contribution in [0, 0.1) is 27.2 Å². The molecule has 4 heterocycles. The number of aromatic nitrogens is 2. The molecule has 0 aliphatic carbocycles. The normalized spacial score (nSPS) is 12.9. The van der Waals surface area contributed by atoms with Crippen molar-refractivity contribution in [1.82, 2.24) is 20.2 Å². The second-order valence-electron chi connectivity index (χ2n) is 20.9. The molecule has 1 saturated heterocycles. The van der Waals surface area contributed by atoms with Crippen molar-refractivity contribution < 1.29 is 45.2 Å². The predicted molar refractivity (Wildman–Crippen MR) is 471 cm³/mol. The summed E-state index contributed by atoms with van der Waals surface area (Å²) in [7, 11) is 5.35. The van der Waals surface area contributed by atoms with Crippen LogP contribution >= 0.6 is 0 Å². The molecule has 598 valence electrons. The number of amides is 4. The van der Waals surface area contributed by atoms with E-state index in [9.17, 15) is 19.5 Å². The zero-order valence-electron chi connectivity index (χ0n) is 73.0. The predicted octanol–water partition coefficient (Wildman–Crippen LogP) is 26.6. The van der Waals surface area contributed by atoms with Crippen molar-refractivity contribution >= 4 is 34.3 Å². The van der Waals surface area contributed by atoms with Crippen LogP contribution in [0.2, 0.25) is 0 Å². The monoisotopic (exact) mass is 1660 g/mol. The van der Waals surface area contributed by atoms with E-state index in [0.29, 0.717) is 5.69 Å². The second kappa shape index (κ2) is 61.9. The summed E-state index contributed by atoms with van der Waals surface area (Å²) in [5.41, 5.74) is 17.1. The van der Waals surface area contributed by atoms with E-state index in [4.69, 9.17) is 9.47 Å². The molecule has 12 nitrogen and oxygen atoms in total. The SMILES string of the molecule is CC.CC.CC.CC.CC.CC.CC.CC.CC.CC.CC.CC.CC.Cc1cc(C(O)c2ccccc2)cc2c1N(C)C(=O)NC2c1ccccc1.Cc1cc(C2(c3ccccc3)OCO2)cc2c(-c3ccccc3)nc(=O)n(C)c12.Cc1cc([CH-]c2ccccc2)cc2c1N(C)C(=O)NC2c1ccccc1.[W]. The Kier molecular flexibility index (Phi) is 60.5. The van der Waals surface area contributed by atoms with Crippen molar-refractivity contribution in [2.75, 3.05) is 30.7 Å². The van der Waals surface area contributed by atoms with E-state index >= 15 is 0 Å². The molecule has 0 bridgehead atoms. The van der Waals surface area contributed by atoms with Crippen LogP contribution in [0.1, 0.15) is 271 Å². The number of aryl methyl sites for hydroxylation is 4. The van der Waals surface area contributed by atoms with Gasteiger partial charge in [0.1, 0.15) is 6.10 Å². The average Bonchev–Trinajstić information content (AvgIpc) is 0.738. The number of nitrogens with one attached hydrogen (secondary N) is 2. The van der Waals surface area contributed by atoms with E-state index in [1.54, 1.807) is 28.5 Å². The molecule has 3 aliphatic rings. The zero-order chi connectivity index (χ0) is 83.1. The number of nitrogens with zero attached hydrogens (tertiary/aromatic N) is 4. The van der Waals surface area contributed by atoms with Crippen molar-refractivity contribution in [3.05, 3.63) is 308 Å². The van der Waals surface area contributed by atoms with Crippen LogP contribution in [0.5, 0.6) is 0 Å². The first kappa shape index (κ1) is 106. The number of rotatable bonds is 9. The summed E-state index contributed by atoms with van der Waals surface area (Å²) in [6.07, 6.45) is 1.46. The number of anilines is 2. The van der Waals surface area contributed by atoms with Crippen LogP contribution in [0.4, 0.5) is 21.0 Å². The number of aliphatic hydroxyl groups is 1. The van der Waals surface area contributed by atoms with Gasteiger partial charge in [0.15, 0.2) is 6.79 Å². The molecular formula is C96H141N6O6W-. The molecule has 3 unspecified atom stereocenters. The van der Waals surface area contributed by atoms with E-state index in [1.807, 2.05) is 383 Å². The summed E-state index contributed by atoms with van der Waals surface area (Å²) in [5, 5.41) is 18.0. The Morgan fingerprint density at radius 3 is 1.19 bits per heavy atom. The molecule has 3 aliphatic heterocycles. The molecule has 13 rings (SSSR count). The first-order chi connectivity index (χ1) is 52.8. The molecule has 10 aromatic rings. The molecule has 0 saturated carbocycles. The number of fused-ring (bicyclic) bond motifs is 3. The Hall–Kier alpha value is -8.90. The summed E-state index contributed by atoms with van der Waals surface area (Å²) in [5.74, 6) is -0.942. The Morgan fingerprint density at radius 2 is 0.789 bits per heavy atom. The van der Waals surface area contributed by atoms with Crippen LogP contribution in [-0.4, -0.2) is 47.6 Å². The summed E-state index contributed by atoms with van der Waals surface area (Å²) < 4.78 is 13.6. The largest absolute Gasteiger partial charge is 0.384 e. The fourth-order valence-electron chi connectivity index (χ4n) is 11.5. The molecule has 1 aromatic heterocycles. The topological polar surface area (TPSA) is 138 Å². The third kappa shape index (κ3) is 29.1. The molecule has 109 heavy (non-hydrogen) atoms. The van der Waals surface area contributed by atoms with E-state index in [2.05, 4.69) is 65.4 Å². The van der Waals surface area contributed by atoms with Crippen LogP contribution in [0.3, 0.4) is 0 Å². The molecular weight excluding hydrogens is 1520 g/mol. The van der Waals surface area contributed by atoms with Crippen LogP contribution in [0.25, 0.3) is 22.2 Å². The van der Waals surface area contributed by atoms with Crippen molar-refractivity contribution in [2.24, 2.45) is 7.05 Å². The number of carbonyl (C=O) groups excluding carboxylic acids is 2. The maximum atomic E-state index is 12.6. The maximum absolute atomic E-state index is 12.6. The van der Waals surface area contributed by atoms with Gasteiger partial charge in [-0.3, -0.25) is 14.4 Å². The van der Waals surface area contributed by atoms with E-state index in [0.717, 1.165) is 100 Å². The van der Waals surface area contributed by atoms with Crippen molar-refractivity contribution in [1.29, 1.82) is 0 Å². The Bertz CT molecular complexity index is 4000. The number of ether oxygens (including phenoxy) is 2. The minimum absolute atomic E-state index is 0. The Morgan fingerprint density at radius 1 is 0.422 bits per heavy atom. The van der Waals surface area contributed by atoms with Gasteiger partial charge in [-0.25, -0.2) is 14.4 Å². The fraction of sp³-hybridized carbons (Fsp3) is 0.385. The Balaban J connectivity index is -0.000000656. The van der Waals surface area contributed by atoms with E-state index in [-0.39, 0.29) is 57.7 Å². The molecule has 0 radical (unpaired) electrons. The van der Waals surface area contributed by atoms with Crippen LogP contribution < -0.4 is 26.1 Å². The van der Waals surface area contributed by atoms with Gasteiger partial charge in [0, 0.05) is 75.5 Å². The summed E-state index contributed by atoms with van der Waals surface area (Å²) in [6, 6.07) is 71.4. The van der Waals surface area contributed by atoms with Gasteiger partial charge in [-0.05, 0) is 77.9 Å². The van der Waals surface area contributed by atoms with Crippen molar-refractivity contribution in [3.8, 4) is 11.3 Å².